The lowest BCUT2D eigenvalue weighted by atomic mass is 9.94. The van der Waals surface area contributed by atoms with Crippen LogP contribution in [0.1, 0.15) is 55.3 Å². The lowest BCUT2D eigenvalue weighted by Gasteiger charge is -2.15. The maximum atomic E-state index is 12.0. The molecule has 110 valence electrons. The number of rotatable bonds is 6. The van der Waals surface area contributed by atoms with E-state index in [0.717, 1.165) is 6.42 Å². The van der Waals surface area contributed by atoms with Crippen molar-refractivity contribution >= 4 is 11.9 Å². The number of carboxylic acids is 1. The van der Waals surface area contributed by atoms with Gasteiger partial charge in [-0.05, 0) is 24.5 Å². The molecule has 1 aliphatic carbocycles. The van der Waals surface area contributed by atoms with E-state index in [1.54, 1.807) is 6.07 Å². The summed E-state index contributed by atoms with van der Waals surface area (Å²) in [6.07, 6.45) is 5.96. The molecule has 1 heterocycles. The fourth-order valence-corrected chi connectivity index (χ4v) is 2.79. The van der Waals surface area contributed by atoms with Crippen molar-refractivity contribution in [1.29, 1.82) is 0 Å². The Hall–Kier alpha value is -1.78. The Bertz CT molecular complexity index is 474. The minimum Gasteiger partial charge on any atom is -0.475 e. The molecule has 1 unspecified atom stereocenters. The van der Waals surface area contributed by atoms with Gasteiger partial charge in [0.15, 0.2) is 0 Å². The maximum absolute atomic E-state index is 12.0. The van der Waals surface area contributed by atoms with Gasteiger partial charge in [0.2, 0.25) is 11.7 Å². The molecule has 1 fully saturated rings. The minimum absolute atomic E-state index is 0.00479. The summed E-state index contributed by atoms with van der Waals surface area (Å²) in [4.78, 5) is 22.6. The number of hydrogen-bond acceptors (Lipinski definition) is 3. The van der Waals surface area contributed by atoms with Gasteiger partial charge in [0.1, 0.15) is 5.76 Å². The molecule has 0 saturated heterocycles. The molecular weight excluding hydrogens is 258 g/mol. The predicted octanol–water partition coefficient (Wildman–Crippen LogP) is 2.81. The molecule has 5 heteroatoms. The van der Waals surface area contributed by atoms with Crippen molar-refractivity contribution in [3.05, 3.63) is 23.7 Å². The topological polar surface area (TPSA) is 79.5 Å². The molecule has 1 saturated carbocycles. The van der Waals surface area contributed by atoms with Crippen LogP contribution < -0.4 is 5.32 Å². The second-order valence-electron chi connectivity index (χ2n) is 5.58. The van der Waals surface area contributed by atoms with E-state index >= 15 is 0 Å². The zero-order chi connectivity index (χ0) is 14.5. The second kappa shape index (κ2) is 6.59. The third kappa shape index (κ3) is 3.85. The van der Waals surface area contributed by atoms with Gasteiger partial charge in [0.25, 0.3) is 0 Å². The molecule has 20 heavy (non-hydrogen) atoms. The standard InChI is InChI=1S/C15H21NO4/c1-10(8-11-4-2-3-5-11)14(17)16-9-12-6-7-13(20-12)15(18)19/h6-7,10-11H,2-5,8-9H2,1H3,(H,16,17)(H,18,19). The highest BCUT2D eigenvalue weighted by molar-refractivity contribution is 5.84. The van der Waals surface area contributed by atoms with E-state index in [9.17, 15) is 9.59 Å². The normalized spacial score (nSPS) is 17.1. The van der Waals surface area contributed by atoms with E-state index in [-0.39, 0.29) is 24.1 Å². The van der Waals surface area contributed by atoms with Crippen molar-refractivity contribution in [3.8, 4) is 0 Å². The highest BCUT2D eigenvalue weighted by Gasteiger charge is 2.21. The Morgan fingerprint density at radius 3 is 2.70 bits per heavy atom. The first kappa shape index (κ1) is 14.6. The number of amides is 1. The highest BCUT2D eigenvalue weighted by Crippen LogP contribution is 2.30. The van der Waals surface area contributed by atoms with Crippen molar-refractivity contribution in [2.45, 2.75) is 45.6 Å². The molecule has 0 aromatic carbocycles. The van der Waals surface area contributed by atoms with Gasteiger partial charge in [-0.2, -0.15) is 0 Å². The van der Waals surface area contributed by atoms with E-state index in [1.807, 2.05) is 6.92 Å². The van der Waals surface area contributed by atoms with E-state index in [0.29, 0.717) is 11.7 Å². The van der Waals surface area contributed by atoms with Gasteiger partial charge in [0, 0.05) is 5.92 Å². The van der Waals surface area contributed by atoms with Crippen LogP contribution in [-0.2, 0) is 11.3 Å². The van der Waals surface area contributed by atoms with Gasteiger partial charge in [0.05, 0.1) is 6.54 Å². The fraction of sp³-hybridized carbons (Fsp3) is 0.600. The first-order valence-electron chi connectivity index (χ1n) is 7.16. The SMILES string of the molecule is CC(CC1CCCC1)C(=O)NCc1ccc(C(=O)O)o1. The third-order valence-electron chi connectivity index (χ3n) is 3.92. The van der Waals surface area contributed by atoms with Crippen LogP contribution >= 0.6 is 0 Å². The van der Waals surface area contributed by atoms with Crippen LogP contribution in [0.2, 0.25) is 0 Å². The Balaban J connectivity index is 1.76. The summed E-state index contributed by atoms with van der Waals surface area (Å²) in [6, 6.07) is 2.97. The van der Waals surface area contributed by atoms with Gasteiger partial charge in [-0.3, -0.25) is 4.79 Å². The average molecular weight is 279 g/mol. The average Bonchev–Trinajstić information content (AvgIpc) is 3.06. The molecule has 0 spiro atoms. The Kier molecular flexibility index (Phi) is 4.82. The molecular formula is C15H21NO4. The zero-order valence-electron chi connectivity index (χ0n) is 11.7. The lowest BCUT2D eigenvalue weighted by Crippen LogP contribution is -2.29. The minimum atomic E-state index is -1.10. The Morgan fingerprint density at radius 1 is 1.40 bits per heavy atom. The Labute approximate surface area is 118 Å². The number of aromatic carboxylic acids is 1. The van der Waals surface area contributed by atoms with Crippen molar-refractivity contribution in [1.82, 2.24) is 5.32 Å². The number of carbonyl (C=O) groups is 2. The number of nitrogens with one attached hydrogen (secondary N) is 1. The monoisotopic (exact) mass is 279 g/mol. The van der Waals surface area contributed by atoms with Crippen LogP contribution in [0, 0.1) is 11.8 Å². The Morgan fingerprint density at radius 2 is 2.10 bits per heavy atom. The van der Waals surface area contributed by atoms with Crippen LogP contribution in [0.5, 0.6) is 0 Å². The molecule has 1 atom stereocenters. The molecule has 0 bridgehead atoms. The number of furan rings is 1. The summed E-state index contributed by atoms with van der Waals surface area (Å²) in [6.45, 7) is 2.18. The van der Waals surface area contributed by atoms with Gasteiger partial charge < -0.3 is 14.8 Å². The van der Waals surface area contributed by atoms with Crippen molar-refractivity contribution in [3.63, 3.8) is 0 Å². The largest absolute Gasteiger partial charge is 0.475 e. The fourth-order valence-electron chi connectivity index (χ4n) is 2.79. The molecule has 1 aromatic rings. The van der Waals surface area contributed by atoms with Crippen LogP contribution in [0.15, 0.2) is 16.5 Å². The predicted molar refractivity (Wildman–Crippen MR) is 73.3 cm³/mol. The molecule has 1 amide bonds. The summed E-state index contributed by atoms with van der Waals surface area (Å²) >= 11 is 0. The molecule has 2 N–H and O–H groups in total. The van der Waals surface area contributed by atoms with E-state index in [1.165, 1.54) is 31.7 Å². The van der Waals surface area contributed by atoms with Gasteiger partial charge in [-0.15, -0.1) is 0 Å². The quantitative estimate of drug-likeness (QED) is 0.839. The number of carboxylic acid groups (broad SMARTS) is 1. The highest BCUT2D eigenvalue weighted by atomic mass is 16.4. The summed E-state index contributed by atoms with van der Waals surface area (Å²) in [5, 5.41) is 11.5. The maximum Gasteiger partial charge on any atom is 0.371 e. The smallest absolute Gasteiger partial charge is 0.371 e. The summed E-state index contributed by atoms with van der Waals surface area (Å²) in [5.74, 6) is -0.0654. The molecule has 1 aliphatic rings. The van der Waals surface area contributed by atoms with Gasteiger partial charge >= 0.3 is 5.97 Å². The van der Waals surface area contributed by atoms with Crippen LogP contribution in [0.4, 0.5) is 0 Å². The van der Waals surface area contributed by atoms with E-state index < -0.39 is 5.97 Å². The first-order valence-corrected chi connectivity index (χ1v) is 7.16. The molecule has 0 radical (unpaired) electrons. The third-order valence-corrected chi connectivity index (χ3v) is 3.92. The van der Waals surface area contributed by atoms with E-state index in [4.69, 9.17) is 9.52 Å². The zero-order valence-corrected chi connectivity index (χ0v) is 11.7. The van der Waals surface area contributed by atoms with Gasteiger partial charge in [-0.1, -0.05) is 32.6 Å². The summed E-state index contributed by atoms with van der Waals surface area (Å²) in [5.41, 5.74) is 0. The van der Waals surface area contributed by atoms with Crippen LogP contribution in [-0.4, -0.2) is 17.0 Å². The number of hydrogen-bond donors (Lipinski definition) is 2. The van der Waals surface area contributed by atoms with E-state index in [2.05, 4.69) is 5.32 Å². The first-order chi connectivity index (χ1) is 9.56. The molecule has 5 nitrogen and oxygen atoms in total. The van der Waals surface area contributed by atoms with Gasteiger partial charge in [-0.25, -0.2) is 4.79 Å². The van der Waals surface area contributed by atoms with Crippen molar-refractivity contribution < 1.29 is 19.1 Å². The van der Waals surface area contributed by atoms with Crippen LogP contribution in [0.25, 0.3) is 0 Å². The summed E-state index contributed by atoms with van der Waals surface area (Å²) in [7, 11) is 0. The lowest BCUT2D eigenvalue weighted by molar-refractivity contribution is -0.125. The molecule has 2 rings (SSSR count). The molecule has 0 aliphatic heterocycles. The molecule has 1 aromatic heterocycles. The van der Waals surface area contributed by atoms with Crippen molar-refractivity contribution in [2.24, 2.45) is 11.8 Å². The second-order valence-corrected chi connectivity index (χ2v) is 5.58. The summed E-state index contributed by atoms with van der Waals surface area (Å²) < 4.78 is 5.09. The number of carbonyl (C=O) groups excluding carboxylic acids is 1. The van der Waals surface area contributed by atoms with Crippen LogP contribution in [0.3, 0.4) is 0 Å². The van der Waals surface area contributed by atoms with Crippen molar-refractivity contribution in [2.75, 3.05) is 0 Å².